The first-order valence-corrected chi connectivity index (χ1v) is 6.98. The molecule has 0 saturated carbocycles. The number of ether oxygens (including phenoxy) is 2. The molecule has 0 radical (unpaired) electrons. The molecule has 6 nitrogen and oxygen atoms in total. The number of Topliss-reactive ketones (excluding diaryl/α,β-unsaturated/α-hetero) is 1. The number of rotatable bonds is 6. The Balaban J connectivity index is 2.94. The molecular weight excluding hydrogens is 342 g/mol. The largest absolute Gasteiger partial charge is 0.466 e. The van der Waals surface area contributed by atoms with Gasteiger partial charge in [0.2, 0.25) is 0 Å². The van der Waals surface area contributed by atoms with E-state index in [9.17, 15) is 14.4 Å². The van der Waals surface area contributed by atoms with Crippen LogP contribution in [0.25, 0.3) is 0 Å². The molecule has 7 heteroatoms. The van der Waals surface area contributed by atoms with Gasteiger partial charge in [0.05, 0.1) is 25.6 Å². The molecule has 21 heavy (non-hydrogen) atoms. The number of anilines is 1. The summed E-state index contributed by atoms with van der Waals surface area (Å²) in [6.45, 7) is 0. The second-order valence-electron chi connectivity index (χ2n) is 3.83. The van der Waals surface area contributed by atoms with Gasteiger partial charge in [-0.25, -0.2) is 9.59 Å². The van der Waals surface area contributed by atoms with Gasteiger partial charge in [-0.1, -0.05) is 15.9 Å². The van der Waals surface area contributed by atoms with Crippen molar-refractivity contribution < 1.29 is 23.9 Å². The molecule has 0 atom stereocenters. The lowest BCUT2D eigenvalue weighted by Crippen LogP contribution is -2.15. The number of esters is 2. The summed E-state index contributed by atoms with van der Waals surface area (Å²) in [5.74, 6) is -1.45. The van der Waals surface area contributed by atoms with Gasteiger partial charge >= 0.3 is 11.9 Å². The van der Waals surface area contributed by atoms with Gasteiger partial charge in [0.15, 0.2) is 5.78 Å². The Hall–Kier alpha value is -2.15. The quantitative estimate of drug-likeness (QED) is 0.363. The minimum atomic E-state index is -0.707. The van der Waals surface area contributed by atoms with Crippen molar-refractivity contribution in [2.24, 2.45) is 0 Å². The zero-order chi connectivity index (χ0) is 15.8. The van der Waals surface area contributed by atoms with Crippen molar-refractivity contribution in [1.29, 1.82) is 0 Å². The van der Waals surface area contributed by atoms with Crippen molar-refractivity contribution in [2.45, 2.75) is 0 Å². The Morgan fingerprint density at radius 3 is 2.24 bits per heavy atom. The van der Waals surface area contributed by atoms with Gasteiger partial charge in [-0.2, -0.15) is 0 Å². The summed E-state index contributed by atoms with van der Waals surface area (Å²) >= 11 is 3.09. The van der Waals surface area contributed by atoms with E-state index in [2.05, 4.69) is 30.7 Å². The number of hydrogen-bond acceptors (Lipinski definition) is 6. The Kier molecular flexibility index (Phi) is 6.61. The molecule has 0 aliphatic rings. The van der Waals surface area contributed by atoms with Gasteiger partial charge in [0.25, 0.3) is 0 Å². The first-order valence-electron chi connectivity index (χ1n) is 5.86. The maximum Gasteiger partial charge on any atom is 0.354 e. The minimum Gasteiger partial charge on any atom is -0.466 e. The highest BCUT2D eigenvalue weighted by molar-refractivity contribution is 9.09. The van der Waals surface area contributed by atoms with Crippen molar-refractivity contribution in [3.8, 4) is 0 Å². The van der Waals surface area contributed by atoms with Crippen LogP contribution in [-0.2, 0) is 19.1 Å². The molecule has 0 unspecified atom stereocenters. The zero-order valence-corrected chi connectivity index (χ0v) is 13.1. The summed E-state index contributed by atoms with van der Waals surface area (Å²) in [4.78, 5) is 34.3. The number of carbonyl (C=O) groups excluding carboxylic acids is 3. The number of hydrogen-bond donors (Lipinski definition) is 1. The predicted octanol–water partition coefficient (Wildman–Crippen LogP) is 1.91. The fourth-order valence-electron chi connectivity index (χ4n) is 1.40. The zero-order valence-electron chi connectivity index (χ0n) is 11.5. The van der Waals surface area contributed by atoms with E-state index >= 15 is 0 Å². The molecule has 0 amide bonds. The van der Waals surface area contributed by atoms with Gasteiger partial charge < -0.3 is 14.8 Å². The Morgan fingerprint density at radius 2 is 1.76 bits per heavy atom. The number of carbonyl (C=O) groups is 3. The summed E-state index contributed by atoms with van der Waals surface area (Å²) < 4.78 is 9.04. The molecule has 0 spiro atoms. The van der Waals surface area contributed by atoms with Crippen molar-refractivity contribution in [3.05, 3.63) is 41.6 Å². The topological polar surface area (TPSA) is 81.7 Å². The van der Waals surface area contributed by atoms with E-state index in [-0.39, 0.29) is 16.8 Å². The third kappa shape index (κ3) is 5.03. The predicted molar refractivity (Wildman–Crippen MR) is 80.3 cm³/mol. The molecule has 0 aliphatic carbocycles. The highest BCUT2D eigenvalue weighted by atomic mass is 79.9. The summed E-state index contributed by atoms with van der Waals surface area (Å²) in [6.07, 6.45) is 0.989. The molecular formula is C14H14BrNO5. The molecule has 112 valence electrons. The van der Waals surface area contributed by atoms with Crippen LogP contribution in [0.3, 0.4) is 0 Å². The monoisotopic (exact) mass is 355 g/mol. The van der Waals surface area contributed by atoms with E-state index in [0.717, 1.165) is 6.08 Å². The van der Waals surface area contributed by atoms with Crippen LogP contribution < -0.4 is 5.32 Å². The average molecular weight is 356 g/mol. The number of alkyl halides is 1. The minimum absolute atomic E-state index is 0.0557. The molecule has 1 N–H and O–H groups in total. The maximum absolute atomic E-state index is 11.6. The third-order valence-corrected chi connectivity index (χ3v) is 2.99. The Labute approximate surface area is 130 Å². The lowest BCUT2D eigenvalue weighted by molar-refractivity contribution is -0.138. The summed E-state index contributed by atoms with van der Waals surface area (Å²) in [5, 5.41) is 2.97. The molecule has 1 rings (SSSR count). The van der Waals surface area contributed by atoms with Crippen LogP contribution in [0.2, 0.25) is 0 Å². The Bertz CT molecular complexity index is 565. The van der Waals surface area contributed by atoms with Gasteiger partial charge in [-0.05, 0) is 24.3 Å². The molecule has 0 aliphatic heterocycles. The van der Waals surface area contributed by atoms with Crippen LogP contribution in [0.1, 0.15) is 10.4 Å². The van der Waals surface area contributed by atoms with Crippen molar-refractivity contribution >= 4 is 39.3 Å². The lowest BCUT2D eigenvalue weighted by atomic mass is 10.1. The van der Waals surface area contributed by atoms with Crippen LogP contribution in [0.4, 0.5) is 5.69 Å². The van der Waals surface area contributed by atoms with E-state index in [4.69, 9.17) is 0 Å². The van der Waals surface area contributed by atoms with Crippen LogP contribution in [-0.4, -0.2) is 37.3 Å². The summed E-state index contributed by atoms with van der Waals surface area (Å²) in [7, 11) is 2.40. The fourth-order valence-corrected chi connectivity index (χ4v) is 1.73. The summed E-state index contributed by atoms with van der Waals surface area (Å²) in [6, 6.07) is 6.45. The van der Waals surface area contributed by atoms with Gasteiger partial charge in [-0.15, -0.1) is 0 Å². The van der Waals surface area contributed by atoms with E-state index < -0.39 is 11.9 Å². The molecule has 0 bridgehead atoms. The molecule has 0 fully saturated rings. The molecule has 0 aromatic heterocycles. The highest BCUT2D eigenvalue weighted by Crippen LogP contribution is 2.14. The Morgan fingerprint density at radius 1 is 1.14 bits per heavy atom. The van der Waals surface area contributed by atoms with E-state index in [0.29, 0.717) is 11.3 Å². The van der Waals surface area contributed by atoms with E-state index in [1.165, 1.54) is 14.2 Å². The number of methoxy groups -OCH3 is 2. The second-order valence-corrected chi connectivity index (χ2v) is 4.39. The fraction of sp³-hybridized carbons (Fsp3) is 0.214. The number of ketones is 1. The highest BCUT2D eigenvalue weighted by Gasteiger charge is 2.13. The van der Waals surface area contributed by atoms with Crippen LogP contribution in [0, 0.1) is 0 Å². The first kappa shape index (κ1) is 16.9. The lowest BCUT2D eigenvalue weighted by Gasteiger charge is -2.09. The number of halogens is 1. The first-order chi connectivity index (χ1) is 10.0. The SMILES string of the molecule is COC(=O)/C=C(/Nc1ccc(C(=O)CBr)cc1)C(=O)OC. The average Bonchev–Trinajstić information content (AvgIpc) is 2.53. The third-order valence-electron chi connectivity index (χ3n) is 2.48. The number of benzene rings is 1. The molecule has 1 aromatic carbocycles. The number of nitrogens with one attached hydrogen (secondary N) is 1. The smallest absolute Gasteiger partial charge is 0.354 e. The van der Waals surface area contributed by atoms with Crippen molar-refractivity contribution in [2.75, 3.05) is 24.9 Å². The molecule has 1 aromatic rings. The maximum atomic E-state index is 11.6. The molecule has 0 heterocycles. The van der Waals surface area contributed by atoms with E-state index in [1.807, 2.05) is 0 Å². The standard InChI is InChI=1S/C14H14BrNO5/c1-20-13(18)7-11(14(19)21-2)16-10-5-3-9(4-6-10)12(17)8-15/h3-7,16H,8H2,1-2H3/b11-7+. The van der Waals surface area contributed by atoms with Gasteiger partial charge in [0.1, 0.15) is 5.70 Å². The molecule has 0 saturated heterocycles. The van der Waals surface area contributed by atoms with Gasteiger partial charge in [0, 0.05) is 11.3 Å². The van der Waals surface area contributed by atoms with Crippen LogP contribution >= 0.6 is 15.9 Å². The van der Waals surface area contributed by atoms with Crippen molar-refractivity contribution in [3.63, 3.8) is 0 Å². The van der Waals surface area contributed by atoms with Crippen LogP contribution in [0.15, 0.2) is 36.0 Å². The van der Waals surface area contributed by atoms with Crippen molar-refractivity contribution in [1.82, 2.24) is 0 Å². The van der Waals surface area contributed by atoms with Crippen LogP contribution in [0.5, 0.6) is 0 Å². The van der Waals surface area contributed by atoms with Gasteiger partial charge in [-0.3, -0.25) is 4.79 Å². The summed E-state index contributed by atoms with van der Waals surface area (Å²) in [5.41, 5.74) is 1.000. The van der Waals surface area contributed by atoms with E-state index in [1.54, 1.807) is 24.3 Å². The second kappa shape index (κ2) is 8.21. The normalized spacial score (nSPS) is 10.7.